The third-order valence-electron chi connectivity index (χ3n) is 6.28. The van der Waals surface area contributed by atoms with Crippen LogP contribution < -0.4 is 0 Å². The molecule has 4 bridgehead atoms. The Kier molecular flexibility index (Phi) is 2.68. The van der Waals surface area contributed by atoms with Crippen molar-refractivity contribution in [1.82, 2.24) is 0 Å². The van der Waals surface area contributed by atoms with E-state index in [1.54, 1.807) is 6.07 Å². The van der Waals surface area contributed by atoms with E-state index in [0.29, 0.717) is 22.8 Å². The number of hydrogen-bond acceptors (Lipinski definition) is 1. The molecule has 112 valence electrons. The Hall–Kier alpha value is -1.18. The van der Waals surface area contributed by atoms with Gasteiger partial charge in [0.1, 0.15) is 5.82 Å². The molecule has 0 amide bonds. The molecule has 4 aliphatic rings. The highest BCUT2D eigenvalue weighted by molar-refractivity contribution is 6.02. The first-order valence-corrected chi connectivity index (χ1v) is 8.20. The molecule has 4 saturated carbocycles. The van der Waals surface area contributed by atoms with Crippen molar-refractivity contribution in [1.29, 1.82) is 0 Å². The summed E-state index contributed by atoms with van der Waals surface area (Å²) in [6.45, 7) is 4.29. The number of hydrogen-bond donors (Lipinski definition) is 0. The van der Waals surface area contributed by atoms with Crippen molar-refractivity contribution in [2.45, 2.75) is 52.4 Å². The molecule has 5 rings (SSSR count). The highest BCUT2D eigenvalue weighted by atomic mass is 19.1. The number of Topliss-reactive ketones (excluding diaryl/α,β-unsaturated/α-hetero) is 1. The third kappa shape index (κ3) is 1.98. The van der Waals surface area contributed by atoms with Crippen molar-refractivity contribution in [3.63, 3.8) is 0 Å². The van der Waals surface area contributed by atoms with Crippen LogP contribution in [0, 0.1) is 35.4 Å². The lowest BCUT2D eigenvalue weighted by Gasteiger charge is -2.60. The molecule has 4 aliphatic carbocycles. The Morgan fingerprint density at radius 3 is 2.48 bits per heavy atom. The van der Waals surface area contributed by atoms with Gasteiger partial charge < -0.3 is 0 Å². The number of rotatable bonds is 2. The summed E-state index contributed by atoms with van der Waals surface area (Å²) in [4.78, 5) is 13.2. The van der Waals surface area contributed by atoms with E-state index >= 15 is 0 Å². The van der Waals surface area contributed by atoms with Crippen LogP contribution in [-0.4, -0.2) is 5.78 Å². The standard InChI is InChI=1S/C19H23FO/c1-12-3-4-15(20)6-16(12)17(21)19-9-13-5-14(10-19)8-18(2,7-13)11-19/h3-4,6,13-14H,5,7-11H2,1-2H3. The van der Waals surface area contributed by atoms with Crippen molar-refractivity contribution in [2.75, 3.05) is 0 Å². The summed E-state index contributed by atoms with van der Waals surface area (Å²) in [5.41, 5.74) is 1.70. The second-order valence-corrected chi connectivity index (χ2v) is 8.34. The Balaban J connectivity index is 1.75. The molecule has 1 aromatic carbocycles. The molecule has 1 nitrogen and oxygen atoms in total. The monoisotopic (exact) mass is 286 g/mol. The zero-order valence-electron chi connectivity index (χ0n) is 12.9. The fraction of sp³-hybridized carbons (Fsp3) is 0.632. The van der Waals surface area contributed by atoms with Crippen molar-refractivity contribution in [3.05, 3.63) is 35.1 Å². The van der Waals surface area contributed by atoms with Crippen LogP contribution in [0.3, 0.4) is 0 Å². The summed E-state index contributed by atoms with van der Waals surface area (Å²) in [6, 6.07) is 4.65. The first kappa shape index (κ1) is 13.5. The van der Waals surface area contributed by atoms with E-state index in [0.717, 1.165) is 24.8 Å². The van der Waals surface area contributed by atoms with Crippen LogP contribution in [0.5, 0.6) is 0 Å². The molecule has 2 unspecified atom stereocenters. The maximum atomic E-state index is 13.6. The summed E-state index contributed by atoms with van der Waals surface area (Å²) >= 11 is 0. The van der Waals surface area contributed by atoms with Gasteiger partial charge in [-0.15, -0.1) is 0 Å². The zero-order valence-corrected chi connectivity index (χ0v) is 12.9. The van der Waals surface area contributed by atoms with Crippen LogP contribution in [0.1, 0.15) is 61.4 Å². The fourth-order valence-corrected chi connectivity index (χ4v) is 6.11. The smallest absolute Gasteiger partial charge is 0.169 e. The van der Waals surface area contributed by atoms with E-state index in [2.05, 4.69) is 6.92 Å². The van der Waals surface area contributed by atoms with Gasteiger partial charge in [0.2, 0.25) is 0 Å². The van der Waals surface area contributed by atoms with Gasteiger partial charge in [0.25, 0.3) is 0 Å². The highest BCUT2D eigenvalue weighted by Crippen LogP contribution is 2.65. The normalized spacial score (nSPS) is 40.5. The first-order valence-electron chi connectivity index (χ1n) is 8.20. The maximum absolute atomic E-state index is 13.6. The van der Waals surface area contributed by atoms with Crippen molar-refractivity contribution < 1.29 is 9.18 Å². The van der Waals surface area contributed by atoms with Crippen molar-refractivity contribution >= 4 is 5.78 Å². The predicted molar refractivity (Wildman–Crippen MR) is 80.7 cm³/mol. The number of carbonyl (C=O) groups excluding carboxylic acids is 1. The van der Waals surface area contributed by atoms with E-state index in [1.807, 2.05) is 6.92 Å². The maximum Gasteiger partial charge on any atom is 0.169 e. The second kappa shape index (κ2) is 4.18. The number of halogens is 1. The summed E-state index contributed by atoms with van der Waals surface area (Å²) < 4.78 is 13.6. The van der Waals surface area contributed by atoms with E-state index in [1.165, 1.54) is 31.4 Å². The molecule has 0 aliphatic heterocycles. The highest BCUT2D eigenvalue weighted by Gasteiger charge is 2.58. The molecular formula is C19H23FO. The van der Waals surface area contributed by atoms with Gasteiger partial charge in [0, 0.05) is 11.0 Å². The topological polar surface area (TPSA) is 17.1 Å². The van der Waals surface area contributed by atoms with Crippen LogP contribution >= 0.6 is 0 Å². The van der Waals surface area contributed by atoms with E-state index in [4.69, 9.17) is 0 Å². The Labute approximate surface area is 125 Å². The van der Waals surface area contributed by atoms with Crippen LogP contribution in [0.2, 0.25) is 0 Å². The molecule has 1 aromatic rings. The van der Waals surface area contributed by atoms with Gasteiger partial charge in [-0.2, -0.15) is 0 Å². The van der Waals surface area contributed by atoms with Crippen LogP contribution in [-0.2, 0) is 0 Å². The van der Waals surface area contributed by atoms with E-state index < -0.39 is 0 Å². The molecular weight excluding hydrogens is 263 g/mol. The van der Waals surface area contributed by atoms with Crippen molar-refractivity contribution in [3.8, 4) is 0 Å². The molecule has 0 aromatic heterocycles. The lowest BCUT2D eigenvalue weighted by Crippen LogP contribution is -2.54. The van der Waals surface area contributed by atoms with E-state index in [9.17, 15) is 9.18 Å². The zero-order chi connectivity index (χ0) is 14.8. The molecule has 0 spiro atoms. The van der Waals surface area contributed by atoms with E-state index in [-0.39, 0.29) is 17.0 Å². The van der Waals surface area contributed by atoms with Gasteiger partial charge in [-0.25, -0.2) is 4.39 Å². The summed E-state index contributed by atoms with van der Waals surface area (Å²) in [5, 5.41) is 0. The largest absolute Gasteiger partial charge is 0.294 e. The molecule has 2 atom stereocenters. The molecule has 2 heteroatoms. The van der Waals surface area contributed by atoms with Gasteiger partial charge in [0.05, 0.1) is 0 Å². The van der Waals surface area contributed by atoms with Crippen molar-refractivity contribution in [2.24, 2.45) is 22.7 Å². The summed E-state index contributed by atoms with van der Waals surface area (Å²) in [5.74, 6) is 1.36. The third-order valence-corrected chi connectivity index (χ3v) is 6.28. The quantitative estimate of drug-likeness (QED) is 0.705. The lowest BCUT2D eigenvalue weighted by molar-refractivity contribution is -0.0820. The number of carbonyl (C=O) groups is 1. The second-order valence-electron chi connectivity index (χ2n) is 8.34. The van der Waals surface area contributed by atoms with Gasteiger partial charge in [-0.05, 0) is 80.4 Å². The molecule has 0 heterocycles. The molecule has 4 fully saturated rings. The van der Waals surface area contributed by atoms with Crippen LogP contribution in [0.15, 0.2) is 18.2 Å². The predicted octanol–water partition coefficient (Wildman–Crippen LogP) is 4.92. The SMILES string of the molecule is Cc1ccc(F)cc1C(=O)C12CC3CC(CC(C)(C3)C1)C2. The Bertz CT molecular complexity index is 604. The van der Waals surface area contributed by atoms with Gasteiger partial charge in [-0.3, -0.25) is 4.79 Å². The molecule has 21 heavy (non-hydrogen) atoms. The summed E-state index contributed by atoms with van der Waals surface area (Å²) in [7, 11) is 0. The Morgan fingerprint density at radius 2 is 1.86 bits per heavy atom. The lowest BCUT2D eigenvalue weighted by atomic mass is 9.43. The minimum atomic E-state index is -0.292. The average molecular weight is 286 g/mol. The minimum Gasteiger partial charge on any atom is -0.294 e. The van der Waals surface area contributed by atoms with Gasteiger partial charge in [-0.1, -0.05) is 13.0 Å². The number of aryl methyl sites for hydroxylation is 1. The number of benzene rings is 1. The summed E-state index contributed by atoms with van der Waals surface area (Å²) in [6.07, 6.45) is 6.98. The van der Waals surface area contributed by atoms with Crippen LogP contribution in [0.25, 0.3) is 0 Å². The van der Waals surface area contributed by atoms with Crippen LogP contribution in [0.4, 0.5) is 4.39 Å². The minimum absolute atomic E-state index is 0.197. The fourth-order valence-electron chi connectivity index (χ4n) is 6.11. The van der Waals surface area contributed by atoms with Gasteiger partial charge >= 0.3 is 0 Å². The Morgan fingerprint density at radius 1 is 1.19 bits per heavy atom. The van der Waals surface area contributed by atoms with Gasteiger partial charge in [0.15, 0.2) is 5.78 Å². The number of ketones is 1. The molecule has 0 saturated heterocycles. The molecule has 0 N–H and O–H groups in total. The molecule has 0 radical (unpaired) electrons. The first-order chi connectivity index (χ1) is 9.89. The average Bonchev–Trinajstić information content (AvgIpc) is 2.38.